The number of nitrogens with one attached hydrogen (secondary N) is 2. The number of hydrogen-bond acceptors (Lipinski definition) is 6. The van der Waals surface area contributed by atoms with Gasteiger partial charge in [-0.3, -0.25) is 24.1 Å². The molecule has 4 amide bonds. The van der Waals surface area contributed by atoms with Crippen LogP contribution in [0.2, 0.25) is 0 Å². The van der Waals surface area contributed by atoms with Crippen molar-refractivity contribution < 1.29 is 23.9 Å². The van der Waals surface area contributed by atoms with Crippen LogP contribution in [-0.2, 0) is 22.4 Å². The van der Waals surface area contributed by atoms with Gasteiger partial charge in [-0.15, -0.1) is 11.3 Å². The molecule has 2 aliphatic heterocycles. The standard InChI is InChI=1S/C25H27N3O5S/c29-20(11-12-28-24(31)16-7-1-2-8-17(16)25(28)32)27-23-21(18-9-3-4-10-19(18)34-23)22(30)26-14-15-6-5-13-33-15/h1-2,7-8,15H,3-6,9-14H2,(H,26,30)(H,27,29)/t15-/m0/s1. The topological polar surface area (TPSA) is 105 Å². The fourth-order valence-electron chi connectivity index (χ4n) is 4.84. The van der Waals surface area contributed by atoms with Crippen molar-refractivity contribution in [3.8, 4) is 0 Å². The van der Waals surface area contributed by atoms with Crippen molar-refractivity contribution in [2.75, 3.05) is 25.0 Å². The molecule has 8 nitrogen and oxygen atoms in total. The molecule has 1 aliphatic carbocycles. The van der Waals surface area contributed by atoms with Gasteiger partial charge in [0.2, 0.25) is 5.91 Å². The summed E-state index contributed by atoms with van der Waals surface area (Å²) in [5.41, 5.74) is 2.30. The summed E-state index contributed by atoms with van der Waals surface area (Å²) in [6.07, 6.45) is 5.74. The molecule has 178 valence electrons. The summed E-state index contributed by atoms with van der Waals surface area (Å²) in [4.78, 5) is 53.3. The zero-order chi connectivity index (χ0) is 23.7. The molecule has 2 aromatic rings. The Morgan fingerprint density at radius 3 is 2.50 bits per heavy atom. The molecule has 3 aliphatic rings. The molecular formula is C25H27N3O5S. The monoisotopic (exact) mass is 481 g/mol. The number of benzene rings is 1. The quantitative estimate of drug-likeness (QED) is 0.591. The Balaban J connectivity index is 1.26. The molecule has 3 heterocycles. The van der Waals surface area contributed by atoms with Gasteiger partial charge in [0.1, 0.15) is 5.00 Å². The maximum Gasteiger partial charge on any atom is 0.261 e. The molecule has 1 saturated heterocycles. The summed E-state index contributed by atoms with van der Waals surface area (Å²) < 4.78 is 5.61. The number of hydrogen-bond donors (Lipinski definition) is 2. The van der Waals surface area contributed by atoms with E-state index in [4.69, 9.17) is 4.74 Å². The summed E-state index contributed by atoms with van der Waals surface area (Å²) >= 11 is 1.45. The molecule has 0 spiro atoms. The van der Waals surface area contributed by atoms with Crippen LogP contribution in [0.4, 0.5) is 5.00 Å². The lowest BCUT2D eigenvalue weighted by atomic mass is 9.95. The Morgan fingerprint density at radius 2 is 1.79 bits per heavy atom. The van der Waals surface area contributed by atoms with Gasteiger partial charge in [0, 0.05) is 31.0 Å². The van der Waals surface area contributed by atoms with Crippen molar-refractivity contribution in [1.82, 2.24) is 10.2 Å². The number of aryl methyl sites for hydroxylation is 1. The number of ether oxygens (including phenoxy) is 1. The first-order chi connectivity index (χ1) is 16.5. The third kappa shape index (κ3) is 4.37. The average Bonchev–Trinajstić information content (AvgIpc) is 3.54. The molecule has 0 saturated carbocycles. The van der Waals surface area contributed by atoms with Gasteiger partial charge in [0.15, 0.2) is 0 Å². The summed E-state index contributed by atoms with van der Waals surface area (Å²) in [5.74, 6) is -1.28. The smallest absolute Gasteiger partial charge is 0.261 e. The number of imide groups is 1. The Hall–Kier alpha value is -3.04. The van der Waals surface area contributed by atoms with Crippen LogP contribution in [0, 0.1) is 0 Å². The molecule has 0 unspecified atom stereocenters. The highest BCUT2D eigenvalue weighted by atomic mass is 32.1. The molecule has 0 bridgehead atoms. The van der Waals surface area contributed by atoms with E-state index >= 15 is 0 Å². The Kier molecular flexibility index (Phi) is 6.47. The first kappa shape index (κ1) is 22.7. The van der Waals surface area contributed by atoms with Crippen LogP contribution < -0.4 is 10.6 Å². The molecule has 5 rings (SSSR count). The first-order valence-electron chi connectivity index (χ1n) is 11.8. The number of anilines is 1. The summed E-state index contributed by atoms with van der Waals surface area (Å²) in [6.45, 7) is 1.17. The summed E-state index contributed by atoms with van der Waals surface area (Å²) in [6, 6.07) is 6.66. The molecule has 0 radical (unpaired) electrons. The van der Waals surface area contributed by atoms with Gasteiger partial charge in [-0.1, -0.05) is 12.1 Å². The van der Waals surface area contributed by atoms with E-state index in [0.29, 0.717) is 28.2 Å². The van der Waals surface area contributed by atoms with Crippen molar-refractivity contribution in [2.24, 2.45) is 0 Å². The normalized spacial score (nSPS) is 19.2. The maximum absolute atomic E-state index is 13.1. The predicted octanol–water partition coefficient (Wildman–Crippen LogP) is 3.16. The minimum atomic E-state index is -0.380. The molecule has 2 N–H and O–H groups in total. The Labute approximate surface area is 201 Å². The number of amides is 4. The maximum atomic E-state index is 13.1. The third-order valence-corrected chi connectivity index (χ3v) is 7.81. The number of fused-ring (bicyclic) bond motifs is 2. The van der Waals surface area contributed by atoms with Crippen LogP contribution in [0.1, 0.15) is 73.6 Å². The number of rotatable bonds is 7. The SMILES string of the molecule is O=C(CCN1C(=O)c2ccccc2C1=O)Nc1sc2c(c1C(=O)NC[C@@H]1CCCO1)CCCC2. The highest BCUT2D eigenvalue weighted by Gasteiger charge is 2.35. The predicted molar refractivity (Wildman–Crippen MR) is 127 cm³/mol. The molecule has 1 aromatic carbocycles. The van der Waals surface area contributed by atoms with Crippen LogP contribution >= 0.6 is 11.3 Å². The number of nitrogens with zero attached hydrogens (tertiary/aromatic N) is 1. The van der Waals surface area contributed by atoms with Gasteiger partial charge < -0.3 is 15.4 Å². The van der Waals surface area contributed by atoms with Crippen LogP contribution in [0.15, 0.2) is 24.3 Å². The van der Waals surface area contributed by atoms with Gasteiger partial charge in [-0.2, -0.15) is 0 Å². The number of thiophene rings is 1. The number of carbonyl (C=O) groups is 4. The van der Waals surface area contributed by atoms with E-state index in [-0.39, 0.29) is 42.7 Å². The van der Waals surface area contributed by atoms with Gasteiger partial charge in [0.25, 0.3) is 17.7 Å². The molecule has 1 atom stereocenters. The van der Waals surface area contributed by atoms with Crippen LogP contribution in [0.5, 0.6) is 0 Å². The van der Waals surface area contributed by atoms with Crippen molar-refractivity contribution in [1.29, 1.82) is 0 Å². The van der Waals surface area contributed by atoms with E-state index in [1.165, 1.54) is 11.3 Å². The van der Waals surface area contributed by atoms with Crippen LogP contribution in [0.25, 0.3) is 0 Å². The lowest BCUT2D eigenvalue weighted by Crippen LogP contribution is -2.34. The van der Waals surface area contributed by atoms with Crippen molar-refractivity contribution in [3.63, 3.8) is 0 Å². The Bertz CT molecular complexity index is 1120. The molecular weight excluding hydrogens is 454 g/mol. The average molecular weight is 482 g/mol. The van der Waals surface area contributed by atoms with E-state index in [1.807, 2.05) is 0 Å². The van der Waals surface area contributed by atoms with E-state index < -0.39 is 0 Å². The largest absolute Gasteiger partial charge is 0.376 e. The van der Waals surface area contributed by atoms with Gasteiger partial charge in [0.05, 0.1) is 22.8 Å². The van der Waals surface area contributed by atoms with Crippen LogP contribution in [-0.4, -0.2) is 54.3 Å². The lowest BCUT2D eigenvalue weighted by molar-refractivity contribution is -0.116. The second kappa shape index (κ2) is 9.68. The zero-order valence-corrected chi connectivity index (χ0v) is 19.7. The minimum Gasteiger partial charge on any atom is -0.376 e. The van der Waals surface area contributed by atoms with E-state index in [9.17, 15) is 19.2 Å². The second-order valence-electron chi connectivity index (χ2n) is 8.87. The highest BCUT2D eigenvalue weighted by molar-refractivity contribution is 7.17. The van der Waals surface area contributed by atoms with Gasteiger partial charge in [-0.25, -0.2) is 0 Å². The summed E-state index contributed by atoms with van der Waals surface area (Å²) in [5, 5.41) is 6.42. The molecule has 1 aromatic heterocycles. The fourth-order valence-corrected chi connectivity index (χ4v) is 6.14. The van der Waals surface area contributed by atoms with E-state index in [2.05, 4.69) is 10.6 Å². The van der Waals surface area contributed by atoms with Gasteiger partial charge in [-0.05, 0) is 56.2 Å². The zero-order valence-electron chi connectivity index (χ0n) is 18.9. The third-order valence-electron chi connectivity index (χ3n) is 6.61. The van der Waals surface area contributed by atoms with Crippen LogP contribution in [0.3, 0.4) is 0 Å². The van der Waals surface area contributed by atoms with Crippen molar-refractivity contribution in [3.05, 3.63) is 51.4 Å². The second-order valence-corrected chi connectivity index (χ2v) is 9.97. The lowest BCUT2D eigenvalue weighted by Gasteiger charge is -2.15. The molecule has 34 heavy (non-hydrogen) atoms. The highest BCUT2D eigenvalue weighted by Crippen LogP contribution is 2.38. The minimum absolute atomic E-state index is 0.0101. The van der Waals surface area contributed by atoms with Gasteiger partial charge >= 0.3 is 0 Å². The first-order valence-corrected chi connectivity index (χ1v) is 12.6. The fraction of sp³-hybridized carbons (Fsp3) is 0.440. The Morgan fingerprint density at radius 1 is 1.06 bits per heavy atom. The van der Waals surface area contributed by atoms with E-state index in [1.54, 1.807) is 24.3 Å². The summed E-state index contributed by atoms with van der Waals surface area (Å²) in [7, 11) is 0. The molecule has 9 heteroatoms. The van der Waals surface area contributed by atoms with E-state index in [0.717, 1.165) is 60.5 Å². The molecule has 1 fully saturated rings. The van der Waals surface area contributed by atoms with Crippen molar-refractivity contribution >= 4 is 40.0 Å². The number of carbonyl (C=O) groups excluding carboxylic acids is 4. The van der Waals surface area contributed by atoms with Crippen molar-refractivity contribution in [2.45, 2.75) is 51.0 Å².